The van der Waals surface area contributed by atoms with E-state index >= 15 is 0 Å². The number of nitrogens with one attached hydrogen (secondary N) is 1. The molecule has 0 fully saturated rings. The molecule has 2 aromatic rings. The third-order valence-corrected chi connectivity index (χ3v) is 4.58. The molecule has 0 atom stereocenters. The van der Waals surface area contributed by atoms with E-state index in [1.807, 2.05) is 36.4 Å². The van der Waals surface area contributed by atoms with Crippen molar-refractivity contribution in [2.75, 3.05) is 11.9 Å². The van der Waals surface area contributed by atoms with E-state index in [-0.39, 0.29) is 0 Å². The SMILES string of the molecule is C=CCOc1ccc(CNc2ccc(Br)c(Cl)c2Cl)cc1. The Morgan fingerprint density at radius 1 is 1.10 bits per heavy atom. The fourth-order valence-electron chi connectivity index (χ4n) is 1.72. The summed E-state index contributed by atoms with van der Waals surface area (Å²) in [6.07, 6.45) is 1.72. The number of halogens is 3. The van der Waals surface area contributed by atoms with E-state index in [0.717, 1.165) is 21.5 Å². The average Bonchev–Trinajstić information content (AvgIpc) is 2.51. The standard InChI is InChI=1S/C16H14BrCl2NO/c1-2-9-21-12-5-3-11(4-6-12)10-20-14-8-7-13(17)15(18)16(14)19/h2-8,20H,1,9-10H2. The van der Waals surface area contributed by atoms with Crippen LogP contribution < -0.4 is 10.1 Å². The summed E-state index contributed by atoms with van der Waals surface area (Å²) in [5, 5.41) is 4.29. The predicted octanol–water partition coefficient (Wildman–Crippen LogP) is 5.93. The van der Waals surface area contributed by atoms with Crippen LogP contribution in [0.4, 0.5) is 5.69 Å². The minimum absolute atomic E-state index is 0.505. The van der Waals surface area contributed by atoms with E-state index in [1.54, 1.807) is 6.08 Å². The highest BCUT2D eigenvalue weighted by atomic mass is 79.9. The molecule has 0 spiro atoms. The van der Waals surface area contributed by atoms with E-state index in [9.17, 15) is 0 Å². The number of ether oxygens (including phenoxy) is 1. The molecule has 0 aliphatic heterocycles. The van der Waals surface area contributed by atoms with Crippen LogP contribution in [0.5, 0.6) is 5.75 Å². The monoisotopic (exact) mass is 385 g/mol. The molecule has 0 radical (unpaired) electrons. The smallest absolute Gasteiger partial charge is 0.119 e. The van der Waals surface area contributed by atoms with Crippen LogP contribution in [-0.4, -0.2) is 6.61 Å². The molecule has 21 heavy (non-hydrogen) atoms. The Bertz CT molecular complexity index is 629. The van der Waals surface area contributed by atoms with Crippen molar-refractivity contribution in [2.24, 2.45) is 0 Å². The van der Waals surface area contributed by atoms with Crippen molar-refractivity contribution in [3.05, 3.63) is 69.1 Å². The van der Waals surface area contributed by atoms with Gasteiger partial charge in [0.25, 0.3) is 0 Å². The van der Waals surface area contributed by atoms with Crippen molar-refractivity contribution in [3.8, 4) is 5.75 Å². The first-order valence-corrected chi connectivity index (χ1v) is 7.86. The lowest BCUT2D eigenvalue weighted by atomic mass is 10.2. The van der Waals surface area contributed by atoms with Gasteiger partial charge in [-0.15, -0.1) is 0 Å². The molecule has 0 aromatic heterocycles. The summed E-state index contributed by atoms with van der Waals surface area (Å²) in [4.78, 5) is 0. The van der Waals surface area contributed by atoms with E-state index in [4.69, 9.17) is 27.9 Å². The zero-order valence-corrected chi connectivity index (χ0v) is 14.3. The zero-order chi connectivity index (χ0) is 15.2. The highest BCUT2D eigenvalue weighted by Gasteiger charge is 2.08. The number of rotatable bonds is 6. The summed E-state index contributed by atoms with van der Waals surface area (Å²) < 4.78 is 6.22. The van der Waals surface area contributed by atoms with Gasteiger partial charge in [-0.05, 0) is 45.8 Å². The van der Waals surface area contributed by atoms with Gasteiger partial charge in [-0.25, -0.2) is 0 Å². The Morgan fingerprint density at radius 2 is 1.81 bits per heavy atom. The lowest BCUT2D eigenvalue weighted by Crippen LogP contribution is -2.00. The van der Waals surface area contributed by atoms with Gasteiger partial charge in [0.05, 0.1) is 15.7 Å². The third kappa shape index (κ3) is 4.40. The van der Waals surface area contributed by atoms with Crippen LogP contribution in [0.1, 0.15) is 5.56 Å². The minimum Gasteiger partial charge on any atom is -0.490 e. The number of hydrogen-bond acceptors (Lipinski definition) is 2. The molecule has 0 aliphatic rings. The first-order chi connectivity index (χ1) is 10.1. The highest BCUT2D eigenvalue weighted by molar-refractivity contribution is 9.10. The molecule has 5 heteroatoms. The molecular formula is C16H14BrCl2NO. The van der Waals surface area contributed by atoms with Crippen LogP contribution in [0.2, 0.25) is 10.0 Å². The second kappa shape index (κ2) is 7.74. The number of anilines is 1. The minimum atomic E-state index is 0.505. The summed E-state index contributed by atoms with van der Waals surface area (Å²) in [6, 6.07) is 11.6. The van der Waals surface area contributed by atoms with E-state index in [1.165, 1.54) is 0 Å². The normalized spacial score (nSPS) is 10.2. The molecular weight excluding hydrogens is 373 g/mol. The number of hydrogen-bond donors (Lipinski definition) is 1. The molecule has 0 saturated carbocycles. The van der Waals surface area contributed by atoms with Crippen LogP contribution in [-0.2, 0) is 6.54 Å². The van der Waals surface area contributed by atoms with Gasteiger partial charge in [0.2, 0.25) is 0 Å². The van der Waals surface area contributed by atoms with Crippen LogP contribution in [0.15, 0.2) is 53.5 Å². The molecule has 110 valence electrons. The molecule has 2 aromatic carbocycles. The summed E-state index contributed by atoms with van der Waals surface area (Å²) in [5.41, 5.74) is 1.92. The Kier molecular flexibility index (Phi) is 5.97. The Labute approximate surface area is 142 Å². The van der Waals surface area contributed by atoms with E-state index < -0.39 is 0 Å². The van der Waals surface area contributed by atoms with Gasteiger partial charge in [0.15, 0.2) is 0 Å². The Balaban J connectivity index is 2.00. The fourth-order valence-corrected chi connectivity index (χ4v) is 2.56. The molecule has 1 N–H and O–H groups in total. The molecule has 2 rings (SSSR count). The summed E-state index contributed by atoms with van der Waals surface area (Å²) in [5.74, 6) is 0.823. The van der Waals surface area contributed by atoms with Crippen LogP contribution >= 0.6 is 39.1 Å². The molecule has 0 unspecified atom stereocenters. The topological polar surface area (TPSA) is 21.3 Å². The third-order valence-electron chi connectivity index (χ3n) is 2.81. The van der Waals surface area contributed by atoms with Gasteiger partial charge < -0.3 is 10.1 Å². The van der Waals surface area contributed by atoms with Crippen molar-refractivity contribution in [1.29, 1.82) is 0 Å². The summed E-state index contributed by atoms with van der Waals surface area (Å²) in [6.45, 7) is 4.77. The summed E-state index contributed by atoms with van der Waals surface area (Å²) >= 11 is 15.6. The van der Waals surface area contributed by atoms with Crippen LogP contribution in [0.3, 0.4) is 0 Å². The molecule has 0 amide bonds. The molecule has 0 heterocycles. The number of benzene rings is 2. The van der Waals surface area contributed by atoms with Gasteiger partial charge in [0, 0.05) is 11.0 Å². The quantitative estimate of drug-likeness (QED) is 0.490. The zero-order valence-electron chi connectivity index (χ0n) is 11.2. The fraction of sp³-hybridized carbons (Fsp3) is 0.125. The maximum Gasteiger partial charge on any atom is 0.119 e. The van der Waals surface area contributed by atoms with Crippen molar-refractivity contribution < 1.29 is 4.74 Å². The van der Waals surface area contributed by atoms with Crippen LogP contribution in [0.25, 0.3) is 0 Å². The molecule has 0 aliphatic carbocycles. The Hall–Kier alpha value is -1.16. The van der Waals surface area contributed by atoms with Crippen molar-refractivity contribution in [3.63, 3.8) is 0 Å². The van der Waals surface area contributed by atoms with Gasteiger partial charge in [-0.2, -0.15) is 0 Å². The summed E-state index contributed by atoms with van der Waals surface area (Å²) in [7, 11) is 0. The lowest BCUT2D eigenvalue weighted by molar-refractivity contribution is 0.363. The van der Waals surface area contributed by atoms with Gasteiger partial charge in [-0.3, -0.25) is 0 Å². The van der Waals surface area contributed by atoms with Crippen LogP contribution in [0, 0.1) is 0 Å². The maximum atomic E-state index is 6.19. The second-order valence-corrected chi connectivity index (χ2v) is 5.93. The van der Waals surface area contributed by atoms with Gasteiger partial charge in [-0.1, -0.05) is 48.0 Å². The first kappa shape index (κ1) is 16.2. The second-order valence-electron chi connectivity index (χ2n) is 4.32. The largest absolute Gasteiger partial charge is 0.490 e. The van der Waals surface area contributed by atoms with E-state index in [2.05, 4.69) is 27.8 Å². The average molecular weight is 387 g/mol. The van der Waals surface area contributed by atoms with Crippen molar-refractivity contribution in [1.82, 2.24) is 0 Å². The van der Waals surface area contributed by atoms with Gasteiger partial charge >= 0.3 is 0 Å². The highest BCUT2D eigenvalue weighted by Crippen LogP contribution is 2.35. The van der Waals surface area contributed by atoms with Crippen molar-refractivity contribution in [2.45, 2.75) is 6.54 Å². The predicted molar refractivity (Wildman–Crippen MR) is 93.6 cm³/mol. The molecule has 0 saturated heterocycles. The van der Waals surface area contributed by atoms with Crippen molar-refractivity contribution >= 4 is 44.8 Å². The maximum absolute atomic E-state index is 6.19. The Morgan fingerprint density at radius 3 is 2.48 bits per heavy atom. The molecule has 0 bridgehead atoms. The lowest BCUT2D eigenvalue weighted by Gasteiger charge is -2.11. The van der Waals surface area contributed by atoms with Gasteiger partial charge in [0.1, 0.15) is 12.4 Å². The molecule has 2 nitrogen and oxygen atoms in total. The van der Waals surface area contributed by atoms with E-state index in [0.29, 0.717) is 23.2 Å². The first-order valence-electron chi connectivity index (χ1n) is 6.32.